The van der Waals surface area contributed by atoms with Gasteiger partial charge in [0.25, 0.3) is 5.91 Å². The topological polar surface area (TPSA) is 101 Å². The van der Waals surface area contributed by atoms with Gasteiger partial charge in [-0.2, -0.15) is 0 Å². The van der Waals surface area contributed by atoms with Gasteiger partial charge >= 0.3 is 0 Å². The summed E-state index contributed by atoms with van der Waals surface area (Å²) in [4.78, 5) is 34.4. The van der Waals surface area contributed by atoms with Gasteiger partial charge < -0.3 is 16.4 Å². The predicted molar refractivity (Wildman–Crippen MR) is 85.2 cm³/mol. The Morgan fingerprint density at radius 2 is 1.73 bits per heavy atom. The molecule has 6 nitrogen and oxygen atoms in total. The summed E-state index contributed by atoms with van der Waals surface area (Å²) in [5.41, 5.74) is 7.32. The second-order valence-corrected chi connectivity index (χ2v) is 5.20. The molecule has 0 saturated carbocycles. The molecule has 0 aliphatic rings. The van der Waals surface area contributed by atoms with Crippen molar-refractivity contribution in [2.24, 2.45) is 5.73 Å². The first-order valence-electron chi connectivity index (χ1n) is 6.90. The molecule has 6 heteroatoms. The summed E-state index contributed by atoms with van der Waals surface area (Å²) in [5, 5.41) is 5.21. The average molecular weight is 303 g/mol. The maximum Gasteiger partial charge on any atom is 0.251 e. The molecule has 4 N–H and O–H groups in total. The lowest BCUT2D eigenvalue weighted by atomic mass is 10.1. The Labute approximate surface area is 129 Å². The summed E-state index contributed by atoms with van der Waals surface area (Å²) in [6.07, 6.45) is 2.20. The van der Waals surface area contributed by atoms with Crippen molar-refractivity contribution >= 4 is 23.4 Å². The number of rotatable bonds is 6. The van der Waals surface area contributed by atoms with E-state index in [4.69, 9.17) is 5.73 Å². The van der Waals surface area contributed by atoms with Crippen molar-refractivity contribution in [3.63, 3.8) is 0 Å². The van der Waals surface area contributed by atoms with Crippen molar-refractivity contribution in [3.8, 4) is 0 Å². The number of carbonyl (C=O) groups is 3. The van der Waals surface area contributed by atoms with Crippen LogP contribution in [0.15, 0.2) is 35.9 Å². The van der Waals surface area contributed by atoms with E-state index >= 15 is 0 Å². The van der Waals surface area contributed by atoms with Gasteiger partial charge in [0.15, 0.2) is 0 Å². The molecule has 0 bridgehead atoms. The molecule has 1 rings (SSSR count). The van der Waals surface area contributed by atoms with Crippen LogP contribution in [0.1, 0.15) is 37.6 Å². The third kappa shape index (κ3) is 5.78. The van der Waals surface area contributed by atoms with Gasteiger partial charge in [0.05, 0.1) is 0 Å². The summed E-state index contributed by atoms with van der Waals surface area (Å²) in [5.74, 6) is -1.16. The van der Waals surface area contributed by atoms with Crippen LogP contribution in [0.5, 0.6) is 0 Å². The zero-order valence-electron chi connectivity index (χ0n) is 13.0. The number of hydrogen-bond acceptors (Lipinski definition) is 3. The second kappa shape index (κ2) is 7.97. The molecule has 1 aromatic carbocycles. The number of benzene rings is 1. The Balaban J connectivity index is 2.75. The summed E-state index contributed by atoms with van der Waals surface area (Å²) < 4.78 is 0. The number of nitrogens with two attached hydrogens (primary N) is 1. The summed E-state index contributed by atoms with van der Waals surface area (Å²) in [6, 6.07) is 5.62. The zero-order chi connectivity index (χ0) is 16.7. The first kappa shape index (κ1) is 17.4. The van der Waals surface area contributed by atoms with Crippen LogP contribution in [0.25, 0.3) is 0 Å². The first-order valence-corrected chi connectivity index (χ1v) is 6.90. The summed E-state index contributed by atoms with van der Waals surface area (Å²) >= 11 is 0. The quantitative estimate of drug-likeness (QED) is 0.695. The molecule has 0 fully saturated rings. The Hall–Kier alpha value is -2.63. The van der Waals surface area contributed by atoms with Crippen LogP contribution in [-0.4, -0.2) is 23.8 Å². The molecule has 0 heterocycles. The van der Waals surface area contributed by atoms with Crippen LogP contribution in [0.4, 0.5) is 5.69 Å². The third-order valence-electron chi connectivity index (χ3n) is 2.88. The molecule has 0 unspecified atom stereocenters. The number of primary amides is 1. The lowest BCUT2D eigenvalue weighted by molar-refractivity contribution is -0.119. The highest BCUT2D eigenvalue weighted by molar-refractivity contribution is 5.98. The van der Waals surface area contributed by atoms with E-state index in [1.54, 1.807) is 24.3 Å². The van der Waals surface area contributed by atoms with Crippen molar-refractivity contribution in [1.29, 1.82) is 0 Å². The van der Waals surface area contributed by atoms with Crippen molar-refractivity contribution in [1.82, 2.24) is 5.32 Å². The van der Waals surface area contributed by atoms with Gasteiger partial charge in [-0.05, 0) is 44.5 Å². The molecule has 0 aliphatic heterocycles. The van der Waals surface area contributed by atoms with E-state index in [0.29, 0.717) is 17.7 Å². The lowest BCUT2D eigenvalue weighted by Crippen LogP contribution is -2.44. The smallest absolute Gasteiger partial charge is 0.251 e. The fourth-order valence-electron chi connectivity index (χ4n) is 1.75. The van der Waals surface area contributed by atoms with Gasteiger partial charge in [0.2, 0.25) is 11.8 Å². The molecular formula is C16H21N3O3. The molecular weight excluding hydrogens is 282 g/mol. The molecule has 1 atom stereocenters. The molecule has 0 spiro atoms. The summed E-state index contributed by atoms with van der Waals surface area (Å²) in [7, 11) is 0. The van der Waals surface area contributed by atoms with Crippen molar-refractivity contribution < 1.29 is 14.4 Å². The van der Waals surface area contributed by atoms with E-state index in [-0.39, 0.29) is 11.8 Å². The molecule has 1 aromatic rings. The Morgan fingerprint density at radius 3 is 2.18 bits per heavy atom. The Morgan fingerprint density at radius 1 is 1.14 bits per heavy atom. The number of amides is 3. The second-order valence-electron chi connectivity index (χ2n) is 5.20. The fraction of sp³-hybridized carbons (Fsp3) is 0.312. The largest absolute Gasteiger partial charge is 0.368 e. The van der Waals surface area contributed by atoms with E-state index in [1.165, 1.54) is 6.92 Å². The Kier molecular flexibility index (Phi) is 6.31. The number of allylic oxidation sites excluding steroid dienone is 1. The van der Waals surface area contributed by atoms with E-state index in [0.717, 1.165) is 5.57 Å². The highest BCUT2D eigenvalue weighted by Crippen LogP contribution is 2.10. The van der Waals surface area contributed by atoms with E-state index in [2.05, 4.69) is 10.6 Å². The lowest BCUT2D eigenvalue weighted by Gasteiger charge is -2.14. The molecule has 118 valence electrons. The molecule has 0 saturated heterocycles. The van der Waals surface area contributed by atoms with Crippen LogP contribution in [-0.2, 0) is 9.59 Å². The van der Waals surface area contributed by atoms with Gasteiger partial charge in [-0.1, -0.05) is 11.6 Å². The molecule has 22 heavy (non-hydrogen) atoms. The normalized spacial score (nSPS) is 11.2. The van der Waals surface area contributed by atoms with Crippen LogP contribution in [0.3, 0.4) is 0 Å². The number of nitrogens with one attached hydrogen (secondary N) is 2. The monoisotopic (exact) mass is 303 g/mol. The minimum atomic E-state index is -0.752. The van der Waals surface area contributed by atoms with Crippen molar-refractivity contribution in [3.05, 3.63) is 41.5 Å². The maximum absolute atomic E-state index is 12.1. The number of anilines is 1. The number of hydrogen-bond donors (Lipinski definition) is 3. The van der Waals surface area contributed by atoms with Crippen molar-refractivity contribution in [2.45, 2.75) is 33.2 Å². The molecule has 0 radical (unpaired) electrons. The molecule has 3 amide bonds. The molecule has 0 aromatic heterocycles. The standard InChI is InChI=1S/C16H21N3O3/c1-10(2)4-9-14(15(17)21)19-16(22)12-5-7-13(8-6-12)18-11(3)20/h4-8,14H,9H2,1-3H3,(H2,17,21)(H,18,20)(H,19,22)/t14-/m0/s1. The average Bonchev–Trinajstić information content (AvgIpc) is 2.42. The van der Waals surface area contributed by atoms with Gasteiger partial charge in [0, 0.05) is 18.2 Å². The van der Waals surface area contributed by atoms with E-state index < -0.39 is 11.9 Å². The highest BCUT2D eigenvalue weighted by atomic mass is 16.2. The first-order chi connectivity index (χ1) is 10.3. The van der Waals surface area contributed by atoms with Gasteiger partial charge in [-0.15, -0.1) is 0 Å². The minimum Gasteiger partial charge on any atom is -0.368 e. The van der Waals surface area contributed by atoms with Crippen LogP contribution in [0.2, 0.25) is 0 Å². The van der Waals surface area contributed by atoms with E-state index in [1.807, 2.05) is 19.9 Å². The third-order valence-corrected chi connectivity index (χ3v) is 2.88. The maximum atomic E-state index is 12.1. The van der Waals surface area contributed by atoms with Gasteiger partial charge in [0.1, 0.15) is 6.04 Å². The Bertz CT molecular complexity index is 587. The summed E-state index contributed by atoms with van der Waals surface area (Å²) in [6.45, 7) is 5.21. The number of carbonyl (C=O) groups excluding carboxylic acids is 3. The van der Waals surface area contributed by atoms with Crippen LogP contribution < -0.4 is 16.4 Å². The predicted octanol–water partition coefficient (Wildman–Crippen LogP) is 1.58. The van der Waals surface area contributed by atoms with Gasteiger partial charge in [-0.25, -0.2) is 0 Å². The van der Waals surface area contributed by atoms with Gasteiger partial charge in [-0.3, -0.25) is 14.4 Å². The van der Waals surface area contributed by atoms with E-state index in [9.17, 15) is 14.4 Å². The fourth-order valence-corrected chi connectivity index (χ4v) is 1.75. The SMILES string of the molecule is CC(=O)Nc1ccc(C(=O)N[C@@H](CC=C(C)C)C(N)=O)cc1. The van der Waals surface area contributed by atoms with Crippen LogP contribution >= 0.6 is 0 Å². The zero-order valence-corrected chi connectivity index (χ0v) is 13.0. The van der Waals surface area contributed by atoms with Crippen molar-refractivity contribution in [2.75, 3.05) is 5.32 Å². The van der Waals surface area contributed by atoms with Crippen LogP contribution in [0, 0.1) is 0 Å². The minimum absolute atomic E-state index is 0.187. The molecule has 0 aliphatic carbocycles. The highest BCUT2D eigenvalue weighted by Gasteiger charge is 2.17.